The van der Waals surface area contributed by atoms with Crippen LogP contribution in [0.4, 0.5) is 5.13 Å². The zero-order chi connectivity index (χ0) is 13.7. The third kappa shape index (κ3) is 4.29. The molecular weight excluding hydrogens is 274 g/mol. The number of anilines is 1. The Hall–Kier alpha value is -1.46. The molecule has 1 heterocycles. The van der Waals surface area contributed by atoms with Crippen molar-refractivity contribution in [3.63, 3.8) is 0 Å². The number of nitrogens with zero attached hydrogens (tertiary/aromatic N) is 1. The first kappa shape index (κ1) is 14.0. The lowest BCUT2D eigenvalue weighted by Gasteiger charge is -2.14. The van der Waals surface area contributed by atoms with E-state index < -0.39 is 0 Å². The van der Waals surface area contributed by atoms with Gasteiger partial charge in [0.2, 0.25) is 0 Å². The van der Waals surface area contributed by atoms with Crippen LogP contribution in [0.1, 0.15) is 24.1 Å². The smallest absolute Gasteiger partial charge is 0.189 e. The first-order chi connectivity index (χ1) is 9.15. The Morgan fingerprint density at radius 3 is 2.74 bits per heavy atom. The average Bonchev–Trinajstić information content (AvgIpc) is 2.82. The van der Waals surface area contributed by atoms with Gasteiger partial charge in [0.25, 0.3) is 0 Å². The van der Waals surface area contributed by atoms with Crippen LogP contribution in [0, 0.1) is 6.92 Å². The van der Waals surface area contributed by atoms with Crippen molar-refractivity contribution < 1.29 is 0 Å². The van der Waals surface area contributed by atoms with Crippen molar-refractivity contribution in [3.8, 4) is 0 Å². The lowest BCUT2D eigenvalue weighted by Crippen LogP contribution is -2.31. The normalized spacial score (nSPS) is 11.9. The molecule has 1 atom stereocenters. The van der Waals surface area contributed by atoms with Gasteiger partial charge in [-0.25, -0.2) is 4.98 Å². The Kier molecular flexibility index (Phi) is 4.87. The second-order valence-electron chi connectivity index (χ2n) is 4.44. The highest BCUT2D eigenvalue weighted by atomic mass is 32.1. The lowest BCUT2D eigenvalue weighted by molar-refractivity contribution is 0.723. The van der Waals surface area contributed by atoms with Crippen molar-refractivity contribution in [1.29, 1.82) is 0 Å². The van der Waals surface area contributed by atoms with E-state index in [1.807, 2.05) is 18.4 Å². The summed E-state index contributed by atoms with van der Waals surface area (Å²) in [5, 5.41) is 9.78. The summed E-state index contributed by atoms with van der Waals surface area (Å²) in [6, 6.07) is 10.4. The Morgan fingerprint density at radius 2 is 2.11 bits per heavy atom. The summed E-state index contributed by atoms with van der Waals surface area (Å²) in [5.41, 5.74) is 2.32. The van der Waals surface area contributed by atoms with Gasteiger partial charge in [-0.15, -0.1) is 11.3 Å². The van der Waals surface area contributed by atoms with Gasteiger partial charge < -0.3 is 10.6 Å². The number of aryl methyl sites for hydroxylation is 1. The fraction of sp³-hybridized carbons (Fsp3) is 0.286. The van der Waals surface area contributed by atoms with Crippen LogP contribution in [0.5, 0.6) is 0 Å². The second kappa shape index (κ2) is 6.63. The minimum atomic E-state index is 0.416. The molecule has 19 heavy (non-hydrogen) atoms. The molecule has 100 valence electrons. The Balaban J connectivity index is 1.80. The molecule has 0 aliphatic rings. The maximum atomic E-state index is 5.26. The molecule has 1 aromatic heterocycles. The number of rotatable bonds is 4. The maximum absolute atomic E-state index is 5.26. The molecular formula is C14H17N3S2. The largest absolute Gasteiger partial charge is 0.362 e. The molecule has 0 aliphatic carbocycles. The fourth-order valence-corrected chi connectivity index (χ4v) is 2.64. The molecule has 0 spiro atoms. The van der Waals surface area contributed by atoms with Gasteiger partial charge in [0.05, 0.1) is 5.69 Å². The minimum Gasteiger partial charge on any atom is -0.362 e. The van der Waals surface area contributed by atoms with Crippen LogP contribution in [0.15, 0.2) is 35.7 Å². The van der Waals surface area contributed by atoms with E-state index in [0.29, 0.717) is 11.0 Å². The fourth-order valence-electron chi connectivity index (χ4n) is 1.70. The van der Waals surface area contributed by atoms with Crippen molar-refractivity contribution in [1.82, 2.24) is 10.3 Å². The summed E-state index contributed by atoms with van der Waals surface area (Å²) in [4.78, 5) is 4.32. The predicted molar refractivity (Wildman–Crippen MR) is 85.9 cm³/mol. The van der Waals surface area contributed by atoms with Crippen LogP contribution in [0.25, 0.3) is 0 Å². The van der Waals surface area contributed by atoms with E-state index in [9.17, 15) is 0 Å². The molecule has 0 saturated heterocycles. The standard InChI is InChI=1S/C14H17N3S2/c1-10(12-6-4-3-5-7-12)8-15-13(18)17-14-16-11(2)9-19-14/h3-7,9-10H,8H2,1-2H3,(H2,15,16,17,18)/t10-/m1/s1. The van der Waals surface area contributed by atoms with Crippen LogP contribution in [0.2, 0.25) is 0 Å². The highest BCUT2D eigenvalue weighted by Crippen LogP contribution is 2.15. The third-order valence-electron chi connectivity index (χ3n) is 2.78. The highest BCUT2D eigenvalue weighted by Gasteiger charge is 2.06. The van der Waals surface area contributed by atoms with Gasteiger partial charge in [0, 0.05) is 11.9 Å². The lowest BCUT2D eigenvalue weighted by atomic mass is 10.0. The number of benzene rings is 1. The molecule has 2 rings (SSSR count). The summed E-state index contributed by atoms with van der Waals surface area (Å²) in [6.07, 6.45) is 0. The van der Waals surface area contributed by atoms with Crippen molar-refractivity contribution in [2.45, 2.75) is 19.8 Å². The van der Waals surface area contributed by atoms with E-state index >= 15 is 0 Å². The molecule has 0 aliphatic heterocycles. The number of thiazole rings is 1. The van der Waals surface area contributed by atoms with E-state index in [-0.39, 0.29) is 0 Å². The van der Waals surface area contributed by atoms with Crippen LogP contribution in [-0.4, -0.2) is 16.6 Å². The van der Waals surface area contributed by atoms with Crippen LogP contribution < -0.4 is 10.6 Å². The third-order valence-corrected chi connectivity index (χ3v) is 3.90. The molecule has 0 radical (unpaired) electrons. The molecule has 0 fully saturated rings. The Bertz CT molecular complexity index is 537. The second-order valence-corrected chi connectivity index (χ2v) is 5.71. The summed E-state index contributed by atoms with van der Waals surface area (Å²) in [7, 11) is 0. The minimum absolute atomic E-state index is 0.416. The van der Waals surface area contributed by atoms with Crippen LogP contribution in [-0.2, 0) is 0 Å². The molecule has 0 saturated carbocycles. The Morgan fingerprint density at radius 1 is 1.37 bits per heavy atom. The summed E-state index contributed by atoms with van der Waals surface area (Å²) in [6.45, 7) is 4.95. The van der Waals surface area contributed by atoms with Gasteiger partial charge in [-0.05, 0) is 30.6 Å². The van der Waals surface area contributed by atoms with Gasteiger partial charge in [-0.3, -0.25) is 0 Å². The molecule has 0 unspecified atom stereocenters. The maximum Gasteiger partial charge on any atom is 0.189 e. The molecule has 0 bridgehead atoms. The summed E-state index contributed by atoms with van der Waals surface area (Å²) < 4.78 is 0. The number of aromatic nitrogens is 1. The number of hydrogen-bond acceptors (Lipinski definition) is 3. The van der Waals surface area contributed by atoms with Crippen molar-refractivity contribution >= 4 is 33.8 Å². The summed E-state index contributed by atoms with van der Waals surface area (Å²) in [5.74, 6) is 0.416. The van der Waals surface area contributed by atoms with E-state index in [2.05, 4.69) is 46.8 Å². The topological polar surface area (TPSA) is 37.0 Å². The van der Waals surface area contributed by atoms with Gasteiger partial charge in [-0.2, -0.15) is 0 Å². The van der Waals surface area contributed by atoms with Crippen molar-refractivity contribution in [2.75, 3.05) is 11.9 Å². The van der Waals surface area contributed by atoms with Crippen LogP contribution in [0.3, 0.4) is 0 Å². The molecule has 2 aromatic rings. The SMILES string of the molecule is Cc1csc(NC(=S)NC[C@@H](C)c2ccccc2)n1. The zero-order valence-corrected chi connectivity index (χ0v) is 12.6. The first-order valence-electron chi connectivity index (χ1n) is 6.17. The van der Waals surface area contributed by atoms with E-state index in [4.69, 9.17) is 12.2 Å². The molecule has 1 aromatic carbocycles. The van der Waals surface area contributed by atoms with Gasteiger partial charge in [0.1, 0.15) is 0 Å². The Labute approximate surface area is 123 Å². The van der Waals surface area contributed by atoms with Crippen molar-refractivity contribution in [2.24, 2.45) is 0 Å². The monoisotopic (exact) mass is 291 g/mol. The predicted octanol–water partition coefficient (Wildman–Crippen LogP) is 3.54. The quantitative estimate of drug-likeness (QED) is 0.845. The van der Waals surface area contributed by atoms with E-state index in [1.54, 1.807) is 11.3 Å². The highest BCUT2D eigenvalue weighted by molar-refractivity contribution is 7.80. The van der Waals surface area contributed by atoms with Gasteiger partial charge in [-0.1, -0.05) is 37.3 Å². The van der Waals surface area contributed by atoms with E-state index in [0.717, 1.165) is 17.4 Å². The molecule has 2 N–H and O–H groups in total. The number of hydrogen-bond donors (Lipinski definition) is 2. The average molecular weight is 291 g/mol. The van der Waals surface area contributed by atoms with Gasteiger partial charge >= 0.3 is 0 Å². The zero-order valence-electron chi connectivity index (χ0n) is 11.0. The number of nitrogens with one attached hydrogen (secondary N) is 2. The van der Waals surface area contributed by atoms with Crippen molar-refractivity contribution in [3.05, 3.63) is 47.0 Å². The summed E-state index contributed by atoms with van der Waals surface area (Å²) >= 11 is 6.82. The molecule has 0 amide bonds. The van der Waals surface area contributed by atoms with E-state index in [1.165, 1.54) is 5.56 Å². The number of thiocarbonyl (C=S) groups is 1. The van der Waals surface area contributed by atoms with Gasteiger partial charge in [0.15, 0.2) is 10.2 Å². The van der Waals surface area contributed by atoms with Crippen LogP contribution >= 0.6 is 23.6 Å². The molecule has 5 heteroatoms. The first-order valence-corrected chi connectivity index (χ1v) is 7.46. The molecule has 3 nitrogen and oxygen atoms in total.